The van der Waals surface area contributed by atoms with Gasteiger partial charge < -0.3 is 0 Å². The number of aromatic nitrogens is 2. The molecule has 0 amide bonds. The van der Waals surface area contributed by atoms with Crippen molar-refractivity contribution in [3.05, 3.63) is 95.9 Å². The van der Waals surface area contributed by atoms with E-state index in [1.165, 1.54) is 40.7 Å². The second kappa shape index (κ2) is 6.38. The van der Waals surface area contributed by atoms with Crippen LogP contribution in [0.3, 0.4) is 0 Å². The zero-order chi connectivity index (χ0) is 17.3. The van der Waals surface area contributed by atoms with Gasteiger partial charge in [0.25, 0.3) is 0 Å². The summed E-state index contributed by atoms with van der Waals surface area (Å²) in [7, 11) is 0. The van der Waals surface area contributed by atoms with Crippen LogP contribution in [-0.2, 0) is 0 Å². The Labute approximate surface area is 153 Å². The smallest absolute Gasteiger partial charge is 0.0892 e. The van der Waals surface area contributed by atoms with Crippen molar-refractivity contribution in [1.29, 1.82) is 0 Å². The van der Waals surface area contributed by atoms with Gasteiger partial charge in [0.05, 0.1) is 11.0 Å². The molecule has 0 atom stereocenters. The lowest BCUT2D eigenvalue weighted by atomic mass is 9.91. The number of benzene rings is 2. The largest absolute Gasteiger partial charge is 0.253 e. The van der Waals surface area contributed by atoms with Crippen LogP contribution in [0.15, 0.2) is 79.2 Å². The Morgan fingerprint density at radius 2 is 1.69 bits per heavy atom. The zero-order valence-corrected chi connectivity index (χ0v) is 14.6. The number of fused-ring (bicyclic) bond motifs is 1. The molecule has 126 valence electrons. The summed E-state index contributed by atoms with van der Waals surface area (Å²) in [6.07, 6.45) is 15.8. The molecule has 0 N–H and O–H groups in total. The van der Waals surface area contributed by atoms with Crippen LogP contribution in [0.4, 0.5) is 0 Å². The lowest BCUT2D eigenvalue weighted by Crippen LogP contribution is -1.93. The lowest BCUT2D eigenvalue weighted by molar-refractivity contribution is 1.13. The van der Waals surface area contributed by atoms with Gasteiger partial charge in [-0.05, 0) is 65.1 Å². The Hall–Kier alpha value is -3.00. The van der Waals surface area contributed by atoms with E-state index >= 15 is 0 Å². The van der Waals surface area contributed by atoms with Crippen LogP contribution in [0, 0.1) is 0 Å². The lowest BCUT2D eigenvalue weighted by Gasteiger charge is -2.13. The molecule has 0 radical (unpaired) electrons. The van der Waals surface area contributed by atoms with E-state index in [4.69, 9.17) is 0 Å². The molecule has 2 aliphatic carbocycles. The first-order valence-corrected chi connectivity index (χ1v) is 9.26. The van der Waals surface area contributed by atoms with E-state index < -0.39 is 0 Å². The molecule has 2 heteroatoms. The minimum Gasteiger partial charge on any atom is -0.253 e. The van der Waals surface area contributed by atoms with Crippen molar-refractivity contribution in [1.82, 2.24) is 9.97 Å². The third-order valence-electron chi connectivity index (χ3n) is 5.22. The highest BCUT2D eigenvalue weighted by Gasteiger charge is 2.24. The van der Waals surface area contributed by atoms with E-state index in [1.54, 1.807) is 12.4 Å². The van der Waals surface area contributed by atoms with E-state index in [1.807, 2.05) is 0 Å². The molecule has 0 bridgehead atoms. The summed E-state index contributed by atoms with van der Waals surface area (Å²) in [6, 6.07) is 15.5. The summed E-state index contributed by atoms with van der Waals surface area (Å²) in [4.78, 5) is 8.87. The van der Waals surface area contributed by atoms with Crippen molar-refractivity contribution in [3.63, 3.8) is 0 Å². The highest BCUT2D eigenvalue weighted by Crippen LogP contribution is 2.41. The maximum atomic E-state index is 4.48. The van der Waals surface area contributed by atoms with Gasteiger partial charge in [0.1, 0.15) is 0 Å². The Morgan fingerprint density at radius 1 is 0.808 bits per heavy atom. The topological polar surface area (TPSA) is 25.8 Å². The third kappa shape index (κ3) is 2.88. The average Bonchev–Trinajstić information content (AvgIpc) is 3.54. The molecule has 2 aromatic carbocycles. The Morgan fingerprint density at radius 3 is 2.58 bits per heavy atom. The van der Waals surface area contributed by atoms with Crippen molar-refractivity contribution < 1.29 is 0 Å². The van der Waals surface area contributed by atoms with Gasteiger partial charge >= 0.3 is 0 Å². The molecular formula is C24H20N2. The average molecular weight is 336 g/mol. The van der Waals surface area contributed by atoms with E-state index in [0.29, 0.717) is 0 Å². The fourth-order valence-corrected chi connectivity index (χ4v) is 3.70. The quantitative estimate of drug-likeness (QED) is 0.592. The molecule has 1 fully saturated rings. The zero-order valence-electron chi connectivity index (χ0n) is 14.6. The molecule has 0 aliphatic heterocycles. The standard InChI is InChI=1S/C24H20N2/c1-2-7-21(19-6-4-5-18(15-19)17-9-10-17)22(8-3-1)20-11-12-23-24(16-20)26-14-13-25-23/h1-6,8,11-17H,7,9-10H2. The number of nitrogens with zero attached hydrogens (tertiary/aromatic N) is 2. The molecule has 2 nitrogen and oxygen atoms in total. The first kappa shape index (κ1) is 15.3. The van der Waals surface area contributed by atoms with Crippen molar-refractivity contribution >= 4 is 22.2 Å². The normalized spacial score (nSPS) is 16.9. The molecule has 0 unspecified atom stereocenters. The van der Waals surface area contributed by atoms with Crippen LogP contribution in [-0.4, -0.2) is 9.97 Å². The van der Waals surface area contributed by atoms with Gasteiger partial charge in [-0.2, -0.15) is 0 Å². The maximum Gasteiger partial charge on any atom is 0.0892 e. The first-order chi connectivity index (χ1) is 12.9. The number of allylic oxidation sites excluding steroid dienone is 6. The maximum absolute atomic E-state index is 4.48. The molecule has 26 heavy (non-hydrogen) atoms. The number of hydrogen-bond acceptors (Lipinski definition) is 2. The molecule has 0 spiro atoms. The highest BCUT2D eigenvalue weighted by molar-refractivity contribution is 5.98. The van der Waals surface area contributed by atoms with Gasteiger partial charge in [-0.15, -0.1) is 0 Å². The minimum atomic E-state index is 0.770. The molecule has 0 saturated heterocycles. The predicted octanol–water partition coefficient (Wildman–Crippen LogP) is 5.93. The Kier molecular flexibility index (Phi) is 3.75. The SMILES string of the molecule is C1=CCC(c2cccc(C3CC3)c2)=C(c2ccc3nccnc3c2)C=C1. The highest BCUT2D eigenvalue weighted by atomic mass is 14.8. The second-order valence-electron chi connectivity index (χ2n) is 7.04. The van der Waals surface area contributed by atoms with Crippen LogP contribution in [0.5, 0.6) is 0 Å². The molecule has 1 heterocycles. The Balaban J connectivity index is 1.67. The first-order valence-electron chi connectivity index (χ1n) is 9.26. The van der Waals surface area contributed by atoms with E-state index in [0.717, 1.165) is 23.4 Å². The molecule has 1 saturated carbocycles. The monoisotopic (exact) mass is 336 g/mol. The second-order valence-corrected chi connectivity index (χ2v) is 7.04. The van der Waals surface area contributed by atoms with Gasteiger partial charge in [-0.1, -0.05) is 54.6 Å². The molecule has 2 aliphatic rings. The third-order valence-corrected chi connectivity index (χ3v) is 5.22. The summed E-state index contributed by atoms with van der Waals surface area (Å²) >= 11 is 0. The van der Waals surface area contributed by atoms with Gasteiger partial charge in [0.2, 0.25) is 0 Å². The van der Waals surface area contributed by atoms with Crippen LogP contribution < -0.4 is 0 Å². The van der Waals surface area contributed by atoms with Crippen LogP contribution in [0.25, 0.3) is 22.2 Å². The fraction of sp³-hybridized carbons (Fsp3) is 0.167. The summed E-state index contributed by atoms with van der Waals surface area (Å²) in [5.41, 5.74) is 8.54. The summed E-state index contributed by atoms with van der Waals surface area (Å²) in [5.74, 6) is 0.770. The van der Waals surface area contributed by atoms with Gasteiger partial charge in [0.15, 0.2) is 0 Å². The molecule has 5 rings (SSSR count). The van der Waals surface area contributed by atoms with E-state index in [2.05, 4.69) is 76.7 Å². The van der Waals surface area contributed by atoms with Crippen molar-refractivity contribution in [2.75, 3.05) is 0 Å². The van der Waals surface area contributed by atoms with Crippen LogP contribution in [0.2, 0.25) is 0 Å². The van der Waals surface area contributed by atoms with E-state index in [-0.39, 0.29) is 0 Å². The summed E-state index contributed by atoms with van der Waals surface area (Å²) in [5, 5.41) is 0. The van der Waals surface area contributed by atoms with Crippen molar-refractivity contribution in [2.24, 2.45) is 0 Å². The van der Waals surface area contributed by atoms with Gasteiger partial charge in [-0.25, -0.2) is 0 Å². The van der Waals surface area contributed by atoms with Gasteiger partial charge in [0, 0.05) is 12.4 Å². The van der Waals surface area contributed by atoms with E-state index in [9.17, 15) is 0 Å². The van der Waals surface area contributed by atoms with Crippen molar-refractivity contribution in [3.8, 4) is 0 Å². The van der Waals surface area contributed by atoms with Crippen molar-refractivity contribution in [2.45, 2.75) is 25.2 Å². The van der Waals surface area contributed by atoms with Crippen LogP contribution >= 0.6 is 0 Å². The van der Waals surface area contributed by atoms with Crippen LogP contribution in [0.1, 0.15) is 41.9 Å². The number of rotatable bonds is 3. The molecular weight excluding hydrogens is 316 g/mol. The summed E-state index contributed by atoms with van der Waals surface area (Å²) in [6.45, 7) is 0. The predicted molar refractivity (Wildman–Crippen MR) is 108 cm³/mol. The molecule has 3 aromatic rings. The Bertz CT molecular complexity index is 1070. The van der Waals surface area contributed by atoms with Gasteiger partial charge in [-0.3, -0.25) is 9.97 Å². The number of hydrogen-bond donors (Lipinski definition) is 0. The fourth-order valence-electron chi connectivity index (χ4n) is 3.70. The summed E-state index contributed by atoms with van der Waals surface area (Å²) < 4.78 is 0. The minimum absolute atomic E-state index is 0.770. The molecule has 1 aromatic heterocycles.